The van der Waals surface area contributed by atoms with Gasteiger partial charge in [-0.3, -0.25) is 4.21 Å². The predicted molar refractivity (Wildman–Crippen MR) is 48.1 cm³/mol. The van der Waals surface area contributed by atoms with E-state index in [1.165, 1.54) is 0 Å². The van der Waals surface area contributed by atoms with E-state index in [0.717, 1.165) is 0 Å². The van der Waals surface area contributed by atoms with Gasteiger partial charge in [-0.15, -0.1) is 0 Å². The molecular formula is C6H10CuN4OS. The third-order valence-electron chi connectivity index (χ3n) is 0.812. The number of hydrogen-bond donors (Lipinski definition) is 2. The van der Waals surface area contributed by atoms with Crippen LogP contribution in [0.2, 0.25) is 0 Å². The SMILES string of the molecule is O=[SH2].[Cu].c1c[nH]cn1.c1c[nH]cn1. The average molecular weight is 250 g/mol. The summed E-state index contributed by atoms with van der Waals surface area (Å²) in [5.41, 5.74) is 0. The van der Waals surface area contributed by atoms with E-state index in [0.29, 0.717) is 0 Å². The van der Waals surface area contributed by atoms with E-state index >= 15 is 0 Å². The number of nitrogens with zero attached hydrogens (tertiary/aromatic N) is 2. The predicted octanol–water partition coefficient (Wildman–Crippen LogP) is -0.0548. The zero-order valence-corrected chi connectivity index (χ0v) is 8.51. The van der Waals surface area contributed by atoms with Crippen LogP contribution in [0.1, 0.15) is 0 Å². The summed E-state index contributed by atoms with van der Waals surface area (Å²) < 4.78 is 8.06. The molecule has 0 spiro atoms. The molecule has 13 heavy (non-hydrogen) atoms. The summed E-state index contributed by atoms with van der Waals surface area (Å²) in [4.78, 5) is 12.8. The quantitative estimate of drug-likeness (QED) is 0.643. The van der Waals surface area contributed by atoms with Crippen molar-refractivity contribution in [1.82, 2.24) is 19.9 Å². The van der Waals surface area contributed by atoms with Crippen molar-refractivity contribution in [2.24, 2.45) is 0 Å². The normalized spacial score (nSPS) is 6.54. The van der Waals surface area contributed by atoms with Crippen LogP contribution >= 0.6 is 0 Å². The molecule has 0 atom stereocenters. The molecule has 1 radical (unpaired) electrons. The molecule has 2 aromatic rings. The van der Waals surface area contributed by atoms with Gasteiger partial charge in [-0.25, -0.2) is 9.97 Å². The molecule has 5 nitrogen and oxygen atoms in total. The first-order chi connectivity index (χ1) is 6.00. The number of aromatic nitrogens is 4. The molecule has 0 fully saturated rings. The number of rotatable bonds is 0. The topological polar surface area (TPSA) is 74.4 Å². The second-order valence-electron chi connectivity index (χ2n) is 1.52. The fourth-order valence-corrected chi connectivity index (χ4v) is 0.430. The molecule has 2 heterocycles. The van der Waals surface area contributed by atoms with Gasteiger partial charge in [0.1, 0.15) is 0 Å². The second-order valence-corrected chi connectivity index (χ2v) is 1.52. The fourth-order valence-electron chi connectivity index (χ4n) is 0.430. The van der Waals surface area contributed by atoms with Gasteiger partial charge in [0.15, 0.2) is 0 Å². The Kier molecular flexibility index (Phi) is 15.4. The summed E-state index contributed by atoms with van der Waals surface area (Å²) in [5, 5.41) is 0. The number of nitrogens with one attached hydrogen (secondary N) is 2. The molecule has 0 amide bonds. The van der Waals surface area contributed by atoms with Gasteiger partial charge in [-0.05, 0) is 12.5 Å². The number of imidazole rings is 2. The standard InChI is InChI=1S/2C3H4N2.Cu.H2OS/c2*1-2-5-3-4-1;;1-2/h2*1-3H,(H,4,5);;2H2. The van der Waals surface area contributed by atoms with E-state index in [4.69, 9.17) is 4.21 Å². The number of hydrogen-bond acceptors (Lipinski definition) is 3. The minimum Gasteiger partial charge on any atom is -0.351 e. The summed E-state index contributed by atoms with van der Waals surface area (Å²) >= 11 is 1.72. The maximum Gasteiger partial charge on any atom is 0.0919 e. The van der Waals surface area contributed by atoms with Gasteiger partial charge >= 0.3 is 0 Å². The first-order valence-corrected chi connectivity index (χ1v) is 3.47. The van der Waals surface area contributed by atoms with Gasteiger partial charge in [0, 0.05) is 41.9 Å². The Hall–Kier alpha value is -0.911. The van der Waals surface area contributed by atoms with Crippen molar-refractivity contribution in [3.63, 3.8) is 0 Å². The molecule has 2 aromatic heterocycles. The van der Waals surface area contributed by atoms with Crippen molar-refractivity contribution in [2.75, 3.05) is 0 Å². The third kappa shape index (κ3) is 11.1. The molecule has 0 bridgehead atoms. The van der Waals surface area contributed by atoms with E-state index in [1.807, 2.05) is 0 Å². The monoisotopic (exact) mass is 249 g/mol. The van der Waals surface area contributed by atoms with E-state index in [2.05, 4.69) is 19.9 Å². The Labute approximate surface area is 91.4 Å². The molecule has 7 heteroatoms. The molecule has 0 aliphatic carbocycles. The number of aromatic amines is 2. The van der Waals surface area contributed by atoms with Crippen LogP contribution in [-0.2, 0) is 29.6 Å². The van der Waals surface area contributed by atoms with Gasteiger partial charge in [-0.1, -0.05) is 0 Å². The van der Waals surface area contributed by atoms with Crippen molar-refractivity contribution in [2.45, 2.75) is 0 Å². The van der Waals surface area contributed by atoms with Gasteiger partial charge in [-0.2, -0.15) is 0 Å². The average Bonchev–Trinajstić information content (AvgIpc) is 2.87. The summed E-state index contributed by atoms with van der Waals surface area (Å²) in [6, 6.07) is 0. The van der Waals surface area contributed by atoms with Crippen LogP contribution in [0.5, 0.6) is 0 Å². The van der Waals surface area contributed by atoms with Crippen LogP contribution in [0.4, 0.5) is 0 Å². The minimum atomic E-state index is 0. The van der Waals surface area contributed by atoms with Crippen LogP contribution in [-0.4, -0.2) is 24.1 Å². The Morgan fingerprint density at radius 1 is 0.923 bits per heavy atom. The molecule has 77 valence electrons. The molecule has 2 rings (SSSR count). The van der Waals surface area contributed by atoms with E-state index in [-0.39, 0.29) is 17.1 Å². The van der Waals surface area contributed by atoms with Crippen molar-refractivity contribution >= 4 is 12.5 Å². The van der Waals surface area contributed by atoms with Gasteiger partial charge in [0.2, 0.25) is 0 Å². The largest absolute Gasteiger partial charge is 0.351 e. The van der Waals surface area contributed by atoms with Crippen LogP contribution in [0.25, 0.3) is 0 Å². The summed E-state index contributed by atoms with van der Waals surface area (Å²) in [7, 11) is 0. The van der Waals surface area contributed by atoms with E-state index in [9.17, 15) is 0 Å². The van der Waals surface area contributed by atoms with Crippen molar-refractivity contribution in [1.29, 1.82) is 0 Å². The third-order valence-corrected chi connectivity index (χ3v) is 0.812. The van der Waals surface area contributed by atoms with Gasteiger partial charge in [0.25, 0.3) is 0 Å². The Bertz CT molecular complexity index is 176. The molecule has 0 aliphatic heterocycles. The van der Waals surface area contributed by atoms with Crippen molar-refractivity contribution in [3.05, 3.63) is 37.4 Å². The molecule has 0 aliphatic rings. The van der Waals surface area contributed by atoms with E-state index < -0.39 is 0 Å². The van der Waals surface area contributed by atoms with Crippen LogP contribution in [0, 0.1) is 0 Å². The van der Waals surface area contributed by atoms with Crippen LogP contribution in [0.3, 0.4) is 0 Å². The van der Waals surface area contributed by atoms with E-state index in [1.54, 1.807) is 50.0 Å². The Balaban J connectivity index is 0. The molecule has 0 saturated carbocycles. The maximum atomic E-state index is 8.06. The van der Waals surface area contributed by atoms with Crippen LogP contribution < -0.4 is 0 Å². The first-order valence-electron chi connectivity index (χ1n) is 3.06. The van der Waals surface area contributed by atoms with Gasteiger partial charge < -0.3 is 9.97 Å². The van der Waals surface area contributed by atoms with Crippen molar-refractivity contribution in [3.8, 4) is 0 Å². The summed E-state index contributed by atoms with van der Waals surface area (Å²) in [6.45, 7) is 0. The Morgan fingerprint density at radius 2 is 1.31 bits per heavy atom. The smallest absolute Gasteiger partial charge is 0.0919 e. The zero-order valence-electron chi connectivity index (χ0n) is 6.57. The maximum absolute atomic E-state index is 8.06. The van der Waals surface area contributed by atoms with Crippen LogP contribution in [0.15, 0.2) is 37.4 Å². The Morgan fingerprint density at radius 3 is 1.38 bits per heavy atom. The van der Waals surface area contributed by atoms with Crippen molar-refractivity contribution < 1.29 is 21.3 Å². The first kappa shape index (κ1) is 14.6. The molecule has 0 unspecified atom stereocenters. The number of H-pyrrole nitrogens is 2. The minimum absolute atomic E-state index is 0. The molecule has 0 saturated heterocycles. The summed E-state index contributed by atoms with van der Waals surface area (Å²) in [5.74, 6) is 0. The van der Waals surface area contributed by atoms with Gasteiger partial charge in [0.05, 0.1) is 12.7 Å². The fraction of sp³-hybridized carbons (Fsp3) is 0. The summed E-state index contributed by atoms with van der Waals surface area (Å²) in [6.07, 6.45) is 10.2. The molecule has 0 aromatic carbocycles. The molecule has 2 N–H and O–H groups in total. The zero-order chi connectivity index (χ0) is 9.07. The molecular weight excluding hydrogens is 240 g/mol. The second kappa shape index (κ2) is 13.7.